The molecule has 1 saturated heterocycles. The number of hydrogen-bond acceptors (Lipinski definition) is 5. The Kier molecular flexibility index (Phi) is 4.52. The number of benzene rings is 1. The summed E-state index contributed by atoms with van der Waals surface area (Å²) >= 11 is 0. The first-order valence-corrected chi connectivity index (χ1v) is 8.24. The molecule has 112 valence electrons. The Labute approximate surface area is 119 Å². The molecule has 2 atom stereocenters. The highest BCUT2D eigenvalue weighted by Gasteiger charge is 2.26. The number of rotatable bonds is 5. The van der Waals surface area contributed by atoms with Crippen LogP contribution in [0.15, 0.2) is 23.1 Å². The zero-order valence-corrected chi connectivity index (χ0v) is 12.3. The van der Waals surface area contributed by atoms with Crippen molar-refractivity contribution in [2.45, 2.75) is 30.8 Å². The van der Waals surface area contributed by atoms with Gasteiger partial charge in [0.2, 0.25) is 10.0 Å². The molecule has 20 heavy (non-hydrogen) atoms. The highest BCUT2D eigenvalue weighted by Crippen LogP contribution is 2.27. The molecule has 0 bridgehead atoms. The van der Waals surface area contributed by atoms with Crippen molar-refractivity contribution in [1.82, 2.24) is 0 Å². The Bertz CT molecular complexity index is 574. The van der Waals surface area contributed by atoms with E-state index < -0.39 is 10.0 Å². The molecule has 1 heterocycles. The van der Waals surface area contributed by atoms with Crippen molar-refractivity contribution in [3.05, 3.63) is 18.2 Å². The first-order valence-electron chi connectivity index (χ1n) is 6.69. The Morgan fingerprint density at radius 1 is 1.45 bits per heavy atom. The summed E-state index contributed by atoms with van der Waals surface area (Å²) in [5.74, 6) is 0.380. The molecule has 0 amide bonds. The van der Waals surface area contributed by atoms with Crippen molar-refractivity contribution in [2.24, 2.45) is 11.1 Å². The van der Waals surface area contributed by atoms with Gasteiger partial charge in [0.05, 0.1) is 11.8 Å². The van der Waals surface area contributed by atoms with Crippen LogP contribution in [0, 0.1) is 5.92 Å². The lowest BCUT2D eigenvalue weighted by molar-refractivity contribution is 0.0900. The summed E-state index contributed by atoms with van der Waals surface area (Å²) in [5.41, 5.74) is 6.48. The van der Waals surface area contributed by atoms with Crippen LogP contribution in [0.2, 0.25) is 0 Å². The van der Waals surface area contributed by atoms with E-state index in [1.54, 1.807) is 12.1 Å². The Hall–Kier alpha value is -1.31. The summed E-state index contributed by atoms with van der Waals surface area (Å²) in [5, 5.41) is 8.37. The average molecular weight is 299 g/mol. The first-order chi connectivity index (χ1) is 9.41. The van der Waals surface area contributed by atoms with Crippen LogP contribution in [0.1, 0.15) is 19.8 Å². The number of nitrogens with one attached hydrogen (secondary N) is 1. The molecule has 1 aromatic carbocycles. The SMILES string of the molecule is CCC1OCCC1CNc1ccc(N)cc1S(N)(=O)=O. The minimum atomic E-state index is -3.79. The van der Waals surface area contributed by atoms with E-state index in [0.29, 0.717) is 23.8 Å². The fourth-order valence-corrected chi connectivity index (χ4v) is 3.29. The topological polar surface area (TPSA) is 107 Å². The van der Waals surface area contributed by atoms with Gasteiger partial charge < -0.3 is 15.8 Å². The number of primary sulfonamides is 1. The molecule has 2 unspecified atom stereocenters. The van der Waals surface area contributed by atoms with Crippen molar-refractivity contribution in [1.29, 1.82) is 0 Å². The predicted octanol–water partition coefficient (Wildman–Crippen LogP) is 1.14. The standard InChI is InChI=1S/C13H21N3O3S/c1-2-12-9(5-6-19-12)8-16-11-4-3-10(14)7-13(11)20(15,17)18/h3-4,7,9,12,16H,2,5-6,8,14H2,1H3,(H2,15,17,18). The van der Waals surface area contributed by atoms with Gasteiger partial charge in [0, 0.05) is 24.8 Å². The summed E-state index contributed by atoms with van der Waals surface area (Å²) in [6.07, 6.45) is 2.16. The molecule has 6 nitrogen and oxygen atoms in total. The summed E-state index contributed by atoms with van der Waals surface area (Å²) in [7, 11) is -3.79. The molecule has 0 aromatic heterocycles. The van der Waals surface area contributed by atoms with Gasteiger partial charge in [-0.3, -0.25) is 0 Å². The Balaban J connectivity index is 2.14. The van der Waals surface area contributed by atoms with Gasteiger partial charge in [-0.25, -0.2) is 13.6 Å². The third-order valence-electron chi connectivity index (χ3n) is 3.62. The first kappa shape index (κ1) is 15.1. The molecule has 2 rings (SSSR count). The Morgan fingerprint density at radius 2 is 2.20 bits per heavy atom. The maximum absolute atomic E-state index is 11.6. The smallest absolute Gasteiger partial charge is 0.240 e. The molecule has 0 saturated carbocycles. The summed E-state index contributed by atoms with van der Waals surface area (Å²) in [6.45, 7) is 3.50. The van der Waals surface area contributed by atoms with Crippen LogP contribution in [-0.2, 0) is 14.8 Å². The molecule has 1 aliphatic rings. The van der Waals surface area contributed by atoms with Crippen LogP contribution in [-0.4, -0.2) is 27.7 Å². The predicted molar refractivity (Wildman–Crippen MR) is 78.9 cm³/mol. The van der Waals surface area contributed by atoms with Crippen LogP contribution < -0.4 is 16.2 Å². The maximum atomic E-state index is 11.6. The fourth-order valence-electron chi connectivity index (χ4n) is 2.54. The fraction of sp³-hybridized carbons (Fsp3) is 0.538. The molecule has 0 radical (unpaired) electrons. The summed E-state index contributed by atoms with van der Waals surface area (Å²) in [4.78, 5) is 0.0319. The lowest BCUT2D eigenvalue weighted by Gasteiger charge is -2.19. The number of ether oxygens (including phenoxy) is 1. The van der Waals surface area contributed by atoms with Crippen molar-refractivity contribution in [2.75, 3.05) is 24.2 Å². The monoisotopic (exact) mass is 299 g/mol. The van der Waals surface area contributed by atoms with E-state index in [1.807, 2.05) is 0 Å². The van der Waals surface area contributed by atoms with Crippen LogP contribution in [0.25, 0.3) is 0 Å². The van der Waals surface area contributed by atoms with Gasteiger partial charge >= 0.3 is 0 Å². The van der Waals surface area contributed by atoms with E-state index in [1.165, 1.54) is 6.07 Å². The van der Waals surface area contributed by atoms with E-state index in [2.05, 4.69) is 12.2 Å². The molecule has 1 aliphatic heterocycles. The van der Waals surface area contributed by atoms with Crippen LogP contribution in [0.4, 0.5) is 11.4 Å². The van der Waals surface area contributed by atoms with Gasteiger partial charge in [-0.15, -0.1) is 0 Å². The lowest BCUT2D eigenvalue weighted by Crippen LogP contribution is -2.24. The second-order valence-corrected chi connectivity index (χ2v) is 6.58. The van der Waals surface area contributed by atoms with Gasteiger partial charge in [-0.1, -0.05) is 6.92 Å². The van der Waals surface area contributed by atoms with Crippen LogP contribution in [0.5, 0.6) is 0 Å². The van der Waals surface area contributed by atoms with Gasteiger partial charge in [0.1, 0.15) is 4.90 Å². The maximum Gasteiger partial charge on any atom is 0.240 e. The third kappa shape index (κ3) is 3.41. The number of nitrogens with two attached hydrogens (primary N) is 2. The van der Waals surface area contributed by atoms with E-state index in [9.17, 15) is 8.42 Å². The van der Waals surface area contributed by atoms with Crippen molar-refractivity contribution < 1.29 is 13.2 Å². The largest absolute Gasteiger partial charge is 0.399 e. The van der Waals surface area contributed by atoms with E-state index in [0.717, 1.165) is 19.4 Å². The number of nitrogen functional groups attached to an aromatic ring is 1. The van der Waals surface area contributed by atoms with Crippen LogP contribution >= 0.6 is 0 Å². The zero-order chi connectivity index (χ0) is 14.8. The molecule has 0 spiro atoms. The molecule has 7 heteroatoms. The number of sulfonamides is 1. The average Bonchev–Trinajstić information content (AvgIpc) is 2.83. The van der Waals surface area contributed by atoms with E-state index in [4.69, 9.17) is 15.6 Å². The summed E-state index contributed by atoms with van der Waals surface area (Å²) < 4.78 is 28.8. The Morgan fingerprint density at radius 3 is 2.85 bits per heavy atom. The molecular weight excluding hydrogens is 278 g/mol. The van der Waals surface area contributed by atoms with Gasteiger partial charge in [0.15, 0.2) is 0 Å². The second kappa shape index (κ2) is 5.99. The minimum absolute atomic E-state index is 0.0319. The van der Waals surface area contributed by atoms with Crippen molar-refractivity contribution in [3.8, 4) is 0 Å². The zero-order valence-electron chi connectivity index (χ0n) is 11.5. The molecule has 1 aromatic rings. The van der Waals surface area contributed by atoms with Crippen molar-refractivity contribution >= 4 is 21.4 Å². The normalized spacial score (nSPS) is 22.9. The lowest BCUT2D eigenvalue weighted by atomic mass is 9.99. The highest BCUT2D eigenvalue weighted by molar-refractivity contribution is 7.89. The number of anilines is 2. The minimum Gasteiger partial charge on any atom is -0.399 e. The van der Waals surface area contributed by atoms with Crippen LogP contribution in [0.3, 0.4) is 0 Å². The molecule has 0 aliphatic carbocycles. The van der Waals surface area contributed by atoms with Gasteiger partial charge in [-0.05, 0) is 31.0 Å². The van der Waals surface area contributed by atoms with E-state index >= 15 is 0 Å². The summed E-state index contributed by atoms with van der Waals surface area (Å²) in [6, 6.07) is 4.67. The molecular formula is C13H21N3O3S. The quantitative estimate of drug-likeness (QED) is 0.707. The highest BCUT2D eigenvalue weighted by atomic mass is 32.2. The number of hydrogen-bond donors (Lipinski definition) is 3. The molecule has 5 N–H and O–H groups in total. The van der Waals surface area contributed by atoms with Gasteiger partial charge in [0.25, 0.3) is 0 Å². The second-order valence-electron chi connectivity index (χ2n) is 5.05. The van der Waals surface area contributed by atoms with Gasteiger partial charge in [-0.2, -0.15) is 0 Å². The third-order valence-corrected chi connectivity index (χ3v) is 4.57. The molecule has 1 fully saturated rings. The van der Waals surface area contributed by atoms with Crippen molar-refractivity contribution in [3.63, 3.8) is 0 Å². The van der Waals surface area contributed by atoms with E-state index in [-0.39, 0.29) is 11.0 Å².